The molecule has 12 heteroatoms. The van der Waals surface area contributed by atoms with E-state index in [2.05, 4.69) is 26.4 Å². The van der Waals surface area contributed by atoms with Gasteiger partial charge in [-0.1, -0.05) is 6.07 Å². The number of hydrogen-bond donors (Lipinski definition) is 3. The molecule has 9 nitrogen and oxygen atoms in total. The SMILES string of the molecule is COc1cccc(Nc2ncnn3ccc(CN4CCC(N)CC4)c23)c1.O=C(O)C(F)(F)F. The topological polar surface area (TPSA) is 118 Å². The molecule has 178 valence electrons. The predicted octanol–water partition coefficient (Wildman–Crippen LogP) is 3.04. The monoisotopic (exact) mass is 466 g/mol. The summed E-state index contributed by atoms with van der Waals surface area (Å²) in [6.45, 7) is 2.94. The minimum absolute atomic E-state index is 0.339. The normalized spacial score (nSPS) is 15.1. The number of ether oxygens (including phenoxy) is 1. The van der Waals surface area contributed by atoms with E-state index in [9.17, 15) is 13.2 Å². The van der Waals surface area contributed by atoms with Gasteiger partial charge in [-0.3, -0.25) is 4.90 Å². The number of halogens is 3. The lowest BCUT2D eigenvalue weighted by Gasteiger charge is -2.29. The smallest absolute Gasteiger partial charge is 0.490 e. The highest BCUT2D eigenvalue weighted by Crippen LogP contribution is 2.26. The fraction of sp³-hybridized carbons (Fsp3) is 0.381. The van der Waals surface area contributed by atoms with Gasteiger partial charge in [0.05, 0.1) is 7.11 Å². The zero-order valence-corrected chi connectivity index (χ0v) is 17.9. The van der Waals surface area contributed by atoms with Gasteiger partial charge in [0.2, 0.25) is 0 Å². The highest BCUT2D eigenvalue weighted by Gasteiger charge is 2.38. The van der Waals surface area contributed by atoms with Crippen molar-refractivity contribution in [1.82, 2.24) is 19.5 Å². The van der Waals surface area contributed by atoms with Crippen molar-refractivity contribution >= 4 is 23.0 Å². The Morgan fingerprint density at radius 1 is 1.30 bits per heavy atom. The zero-order valence-electron chi connectivity index (χ0n) is 17.9. The van der Waals surface area contributed by atoms with Crippen LogP contribution in [0.1, 0.15) is 18.4 Å². The first-order valence-corrected chi connectivity index (χ1v) is 10.2. The molecule has 1 fully saturated rings. The second-order valence-electron chi connectivity index (χ2n) is 7.52. The molecule has 0 saturated carbocycles. The van der Waals surface area contributed by atoms with E-state index in [1.165, 1.54) is 5.56 Å². The third kappa shape index (κ3) is 6.56. The lowest BCUT2D eigenvalue weighted by molar-refractivity contribution is -0.192. The number of carboxylic acids is 1. The Morgan fingerprint density at radius 3 is 2.64 bits per heavy atom. The summed E-state index contributed by atoms with van der Waals surface area (Å²) >= 11 is 0. The largest absolute Gasteiger partial charge is 0.497 e. The Balaban J connectivity index is 0.000000383. The van der Waals surface area contributed by atoms with Crippen LogP contribution in [0.3, 0.4) is 0 Å². The van der Waals surface area contributed by atoms with Gasteiger partial charge in [-0.15, -0.1) is 0 Å². The number of hydrogen-bond acceptors (Lipinski definition) is 7. The van der Waals surface area contributed by atoms with Crippen molar-refractivity contribution in [2.75, 3.05) is 25.5 Å². The van der Waals surface area contributed by atoms with Crippen molar-refractivity contribution in [2.45, 2.75) is 31.6 Å². The van der Waals surface area contributed by atoms with Crippen LogP contribution in [0.15, 0.2) is 42.9 Å². The quantitative estimate of drug-likeness (QED) is 0.525. The van der Waals surface area contributed by atoms with E-state index in [0.717, 1.165) is 55.2 Å². The van der Waals surface area contributed by atoms with Gasteiger partial charge >= 0.3 is 12.1 Å². The molecule has 4 N–H and O–H groups in total. The van der Waals surface area contributed by atoms with Crippen LogP contribution in [-0.2, 0) is 11.3 Å². The predicted molar refractivity (Wildman–Crippen MR) is 115 cm³/mol. The van der Waals surface area contributed by atoms with Gasteiger partial charge < -0.3 is 20.9 Å². The van der Waals surface area contributed by atoms with Crippen LogP contribution in [0.2, 0.25) is 0 Å². The molecular weight excluding hydrogens is 441 g/mol. The average Bonchev–Trinajstić information content (AvgIpc) is 3.19. The summed E-state index contributed by atoms with van der Waals surface area (Å²) in [7, 11) is 1.66. The molecule has 1 aliphatic heterocycles. The number of carbonyl (C=O) groups is 1. The molecule has 0 atom stereocenters. The average molecular weight is 466 g/mol. The van der Waals surface area contributed by atoms with E-state index in [-0.39, 0.29) is 0 Å². The van der Waals surface area contributed by atoms with E-state index in [1.54, 1.807) is 13.4 Å². The van der Waals surface area contributed by atoms with Crippen LogP contribution >= 0.6 is 0 Å². The standard InChI is InChI=1S/C19H24N6O.C2HF3O2/c1-26-17-4-2-3-16(11-17)23-19-18-14(5-10-25(18)22-13-21-19)12-24-8-6-15(20)7-9-24;3-2(4,5)1(6)7/h2-5,10-11,13,15H,6-9,12,20H2,1H3,(H,21,22,23);(H,6,7). The fourth-order valence-corrected chi connectivity index (χ4v) is 3.43. The molecule has 3 heterocycles. The van der Waals surface area contributed by atoms with Gasteiger partial charge in [-0.05, 0) is 49.7 Å². The van der Waals surface area contributed by atoms with E-state index in [0.29, 0.717) is 6.04 Å². The summed E-state index contributed by atoms with van der Waals surface area (Å²) in [5.41, 5.74) is 9.17. The van der Waals surface area contributed by atoms with Crippen molar-refractivity contribution < 1.29 is 27.8 Å². The number of aromatic nitrogens is 3. The van der Waals surface area contributed by atoms with E-state index >= 15 is 0 Å². The number of nitrogens with two attached hydrogens (primary N) is 1. The summed E-state index contributed by atoms with van der Waals surface area (Å²) in [5, 5.41) is 14.9. The molecule has 0 bridgehead atoms. The molecule has 3 aromatic rings. The number of fused-ring (bicyclic) bond motifs is 1. The Labute approximate surface area is 188 Å². The van der Waals surface area contributed by atoms with Crippen LogP contribution in [0.5, 0.6) is 5.75 Å². The van der Waals surface area contributed by atoms with Crippen molar-refractivity contribution in [3.05, 3.63) is 48.4 Å². The number of alkyl halides is 3. The minimum Gasteiger partial charge on any atom is -0.497 e. The molecule has 0 aliphatic carbocycles. The molecule has 0 amide bonds. The third-order valence-corrected chi connectivity index (χ3v) is 5.14. The highest BCUT2D eigenvalue weighted by atomic mass is 19.4. The highest BCUT2D eigenvalue weighted by molar-refractivity contribution is 5.76. The molecule has 1 saturated heterocycles. The van der Waals surface area contributed by atoms with Crippen LogP contribution < -0.4 is 15.8 Å². The van der Waals surface area contributed by atoms with Crippen molar-refractivity contribution in [3.8, 4) is 5.75 Å². The molecule has 0 unspecified atom stereocenters. The Bertz CT molecular complexity index is 1080. The molecular formula is C21H25F3N6O3. The third-order valence-electron chi connectivity index (χ3n) is 5.14. The van der Waals surface area contributed by atoms with Crippen LogP contribution in [-0.4, -0.2) is 63.0 Å². The number of likely N-dealkylation sites (tertiary alicyclic amines) is 1. The van der Waals surface area contributed by atoms with Crippen LogP contribution in [0, 0.1) is 0 Å². The Kier molecular flexibility index (Phi) is 7.71. The number of methoxy groups -OCH3 is 1. The Hall–Kier alpha value is -3.38. The second kappa shape index (κ2) is 10.5. The molecule has 33 heavy (non-hydrogen) atoms. The number of aliphatic carboxylic acids is 1. The van der Waals surface area contributed by atoms with E-state index < -0.39 is 12.1 Å². The van der Waals surface area contributed by atoms with Crippen LogP contribution in [0.4, 0.5) is 24.7 Å². The van der Waals surface area contributed by atoms with Crippen molar-refractivity contribution in [2.24, 2.45) is 5.73 Å². The lowest BCUT2D eigenvalue weighted by Crippen LogP contribution is -2.39. The van der Waals surface area contributed by atoms with Gasteiger partial charge in [-0.2, -0.15) is 18.3 Å². The zero-order chi connectivity index (χ0) is 24.0. The number of nitrogens with zero attached hydrogens (tertiary/aromatic N) is 4. The number of nitrogens with one attached hydrogen (secondary N) is 1. The number of carboxylic acid groups (broad SMARTS) is 1. The number of rotatable bonds is 5. The van der Waals surface area contributed by atoms with Crippen molar-refractivity contribution in [3.63, 3.8) is 0 Å². The molecule has 0 spiro atoms. The summed E-state index contributed by atoms with van der Waals surface area (Å²) in [6.07, 6.45) is 0.576. The first kappa shape index (κ1) is 24.3. The van der Waals surface area contributed by atoms with Gasteiger partial charge in [0.15, 0.2) is 5.82 Å². The summed E-state index contributed by atoms with van der Waals surface area (Å²) in [4.78, 5) is 15.8. The van der Waals surface area contributed by atoms with Crippen molar-refractivity contribution in [1.29, 1.82) is 0 Å². The Morgan fingerprint density at radius 2 is 2.00 bits per heavy atom. The van der Waals surface area contributed by atoms with E-state index in [1.807, 2.05) is 35.0 Å². The maximum absolute atomic E-state index is 10.6. The number of anilines is 2. The lowest BCUT2D eigenvalue weighted by atomic mass is 10.1. The molecule has 1 aliphatic rings. The number of benzene rings is 1. The number of piperidine rings is 1. The van der Waals surface area contributed by atoms with E-state index in [4.69, 9.17) is 20.4 Å². The molecule has 1 aromatic carbocycles. The summed E-state index contributed by atoms with van der Waals surface area (Å²) < 4.78 is 38.9. The second-order valence-corrected chi connectivity index (χ2v) is 7.52. The van der Waals surface area contributed by atoms with Gasteiger partial charge in [0.25, 0.3) is 0 Å². The van der Waals surface area contributed by atoms with Crippen LogP contribution in [0.25, 0.3) is 5.52 Å². The maximum atomic E-state index is 10.6. The minimum atomic E-state index is -5.08. The van der Waals surface area contributed by atoms with Gasteiger partial charge in [0.1, 0.15) is 17.6 Å². The molecule has 4 rings (SSSR count). The molecule has 2 aromatic heterocycles. The van der Waals surface area contributed by atoms with Gasteiger partial charge in [-0.25, -0.2) is 14.3 Å². The fourth-order valence-electron chi connectivity index (χ4n) is 3.43. The first-order chi connectivity index (χ1) is 15.7. The maximum Gasteiger partial charge on any atom is 0.490 e. The first-order valence-electron chi connectivity index (χ1n) is 10.2. The van der Waals surface area contributed by atoms with Gasteiger partial charge in [0, 0.05) is 30.5 Å². The molecule has 0 radical (unpaired) electrons. The summed E-state index contributed by atoms with van der Waals surface area (Å²) in [6, 6.07) is 10.3. The summed E-state index contributed by atoms with van der Waals surface area (Å²) in [5.74, 6) is -1.16.